The van der Waals surface area contributed by atoms with Gasteiger partial charge in [0.25, 0.3) is 5.69 Å². The molecular formula is C9H11ClN2O2. The second kappa shape index (κ2) is 4.39. The van der Waals surface area contributed by atoms with Gasteiger partial charge in [-0.05, 0) is 25.5 Å². The van der Waals surface area contributed by atoms with Gasteiger partial charge in [0.15, 0.2) is 0 Å². The highest BCUT2D eigenvalue weighted by Gasteiger charge is 2.14. The Labute approximate surface area is 86.8 Å². The predicted octanol–water partition coefficient (Wildman–Crippen LogP) is 2.14. The summed E-state index contributed by atoms with van der Waals surface area (Å²) in [5.41, 5.74) is 6.23. The molecule has 1 atom stereocenters. The van der Waals surface area contributed by atoms with Gasteiger partial charge in [-0.1, -0.05) is 11.6 Å². The molecule has 0 spiro atoms. The average Bonchev–Trinajstić information content (AvgIpc) is 2.01. The number of rotatable bonds is 3. The quantitative estimate of drug-likeness (QED) is 0.619. The molecule has 4 nitrogen and oxygen atoms in total. The maximum atomic E-state index is 10.6. The molecule has 5 heteroatoms. The summed E-state index contributed by atoms with van der Waals surface area (Å²) >= 11 is 5.74. The van der Waals surface area contributed by atoms with E-state index in [4.69, 9.17) is 17.3 Å². The molecule has 0 unspecified atom stereocenters. The van der Waals surface area contributed by atoms with Crippen molar-refractivity contribution >= 4 is 17.3 Å². The normalized spacial score (nSPS) is 12.5. The topological polar surface area (TPSA) is 69.2 Å². The summed E-state index contributed by atoms with van der Waals surface area (Å²) in [5.74, 6) is 0. The summed E-state index contributed by atoms with van der Waals surface area (Å²) in [6.07, 6.45) is 0.455. The maximum Gasteiger partial charge on any atom is 0.272 e. The maximum absolute atomic E-state index is 10.6. The van der Waals surface area contributed by atoms with Crippen LogP contribution in [0.15, 0.2) is 18.2 Å². The van der Waals surface area contributed by atoms with E-state index in [-0.39, 0.29) is 11.7 Å². The van der Waals surface area contributed by atoms with Crippen molar-refractivity contribution in [2.45, 2.75) is 19.4 Å². The van der Waals surface area contributed by atoms with Gasteiger partial charge in [0.2, 0.25) is 0 Å². The number of benzene rings is 1. The van der Waals surface area contributed by atoms with Crippen LogP contribution in [0.5, 0.6) is 0 Å². The number of hydrogen-bond acceptors (Lipinski definition) is 3. The molecule has 0 amide bonds. The molecule has 0 fully saturated rings. The third-order valence-electron chi connectivity index (χ3n) is 1.78. The van der Waals surface area contributed by atoms with Crippen molar-refractivity contribution in [1.82, 2.24) is 0 Å². The van der Waals surface area contributed by atoms with Gasteiger partial charge in [0.1, 0.15) is 0 Å². The fourth-order valence-electron chi connectivity index (χ4n) is 1.24. The zero-order valence-corrected chi connectivity index (χ0v) is 8.49. The molecule has 0 aliphatic rings. The molecule has 2 N–H and O–H groups in total. The first-order valence-electron chi connectivity index (χ1n) is 4.19. The first-order chi connectivity index (χ1) is 6.50. The number of hydrogen-bond donors (Lipinski definition) is 1. The SMILES string of the molecule is C[C@@H](N)Cc1cc(Cl)ccc1[N+](=O)[O-]. The van der Waals surface area contributed by atoms with Gasteiger partial charge in [-0.25, -0.2) is 0 Å². The largest absolute Gasteiger partial charge is 0.328 e. The number of nitro groups is 1. The van der Waals surface area contributed by atoms with Crippen LogP contribution in [-0.4, -0.2) is 11.0 Å². The first-order valence-corrected chi connectivity index (χ1v) is 4.57. The Morgan fingerprint density at radius 1 is 1.64 bits per heavy atom. The number of nitrogens with two attached hydrogens (primary N) is 1. The van der Waals surface area contributed by atoms with Gasteiger partial charge in [-0.2, -0.15) is 0 Å². The molecule has 0 radical (unpaired) electrons. The molecule has 0 saturated heterocycles. The van der Waals surface area contributed by atoms with Gasteiger partial charge in [0, 0.05) is 22.7 Å². The Morgan fingerprint density at radius 2 is 2.29 bits per heavy atom. The van der Waals surface area contributed by atoms with E-state index in [0.29, 0.717) is 17.0 Å². The first kappa shape index (κ1) is 10.9. The van der Waals surface area contributed by atoms with Crippen LogP contribution in [-0.2, 0) is 6.42 Å². The van der Waals surface area contributed by atoms with Gasteiger partial charge >= 0.3 is 0 Å². The van der Waals surface area contributed by atoms with Crippen LogP contribution in [0.3, 0.4) is 0 Å². The highest BCUT2D eigenvalue weighted by molar-refractivity contribution is 6.30. The number of nitro benzene ring substituents is 1. The molecule has 0 aliphatic heterocycles. The van der Waals surface area contributed by atoms with Crippen LogP contribution in [0.1, 0.15) is 12.5 Å². The predicted molar refractivity (Wildman–Crippen MR) is 55.5 cm³/mol. The fraction of sp³-hybridized carbons (Fsp3) is 0.333. The van der Waals surface area contributed by atoms with Crippen molar-refractivity contribution in [3.63, 3.8) is 0 Å². The molecule has 1 aromatic rings. The van der Waals surface area contributed by atoms with Gasteiger partial charge in [-0.15, -0.1) is 0 Å². The van der Waals surface area contributed by atoms with E-state index in [0.717, 1.165) is 0 Å². The van der Waals surface area contributed by atoms with Gasteiger partial charge in [0.05, 0.1) is 4.92 Å². The summed E-state index contributed by atoms with van der Waals surface area (Å²) in [7, 11) is 0. The smallest absolute Gasteiger partial charge is 0.272 e. The van der Waals surface area contributed by atoms with Crippen LogP contribution in [0, 0.1) is 10.1 Å². The van der Waals surface area contributed by atoms with Crippen LogP contribution in [0.2, 0.25) is 5.02 Å². The Bertz CT molecular complexity index is 353. The Hall–Kier alpha value is -1.13. The highest BCUT2D eigenvalue weighted by atomic mass is 35.5. The molecule has 1 rings (SSSR count). The van der Waals surface area contributed by atoms with Crippen LogP contribution in [0.25, 0.3) is 0 Å². The van der Waals surface area contributed by atoms with E-state index in [1.54, 1.807) is 13.0 Å². The van der Waals surface area contributed by atoms with Crippen molar-refractivity contribution in [3.05, 3.63) is 38.9 Å². The summed E-state index contributed by atoms with van der Waals surface area (Å²) in [5, 5.41) is 11.1. The van der Waals surface area contributed by atoms with Crippen LogP contribution >= 0.6 is 11.6 Å². The lowest BCUT2D eigenvalue weighted by Crippen LogP contribution is -2.18. The van der Waals surface area contributed by atoms with E-state index in [9.17, 15) is 10.1 Å². The molecule has 0 saturated carbocycles. The standard InChI is InChI=1S/C9H11ClN2O2/c1-6(11)4-7-5-8(10)2-3-9(7)12(13)14/h2-3,5-6H,4,11H2,1H3/t6-/m1/s1. The minimum absolute atomic E-state index is 0.0756. The second-order valence-electron chi connectivity index (χ2n) is 3.21. The monoisotopic (exact) mass is 214 g/mol. The fourth-order valence-corrected chi connectivity index (χ4v) is 1.44. The summed E-state index contributed by atoms with van der Waals surface area (Å²) in [4.78, 5) is 10.2. The zero-order valence-electron chi connectivity index (χ0n) is 7.74. The Balaban J connectivity index is 3.09. The lowest BCUT2D eigenvalue weighted by atomic mass is 10.1. The van der Waals surface area contributed by atoms with E-state index in [1.807, 2.05) is 0 Å². The number of nitrogens with zero attached hydrogens (tertiary/aromatic N) is 1. The highest BCUT2D eigenvalue weighted by Crippen LogP contribution is 2.23. The lowest BCUT2D eigenvalue weighted by molar-refractivity contribution is -0.385. The molecule has 0 bridgehead atoms. The van der Waals surface area contributed by atoms with E-state index in [1.165, 1.54) is 12.1 Å². The van der Waals surface area contributed by atoms with Crippen molar-refractivity contribution in [2.24, 2.45) is 5.73 Å². The third kappa shape index (κ3) is 2.68. The van der Waals surface area contributed by atoms with Crippen molar-refractivity contribution in [1.29, 1.82) is 0 Å². The molecule has 0 aromatic heterocycles. The zero-order chi connectivity index (χ0) is 10.7. The molecule has 0 heterocycles. The third-order valence-corrected chi connectivity index (χ3v) is 2.02. The van der Waals surface area contributed by atoms with E-state index < -0.39 is 4.92 Å². The minimum Gasteiger partial charge on any atom is -0.328 e. The molecular weight excluding hydrogens is 204 g/mol. The molecule has 0 aliphatic carbocycles. The van der Waals surface area contributed by atoms with Crippen LogP contribution in [0.4, 0.5) is 5.69 Å². The summed E-state index contributed by atoms with van der Waals surface area (Å²) in [6.45, 7) is 1.80. The van der Waals surface area contributed by atoms with Gasteiger partial charge < -0.3 is 5.73 Å². The summed E-state index contributed by atoms with van der Waals surface area (Å²) in [6, 6.07) is 4.38. The molecule has 14 heavy (non-hydrogen) atoms. The minimum atomic E-state index is -0.423. The second-order valence-corrected chi connectivity index (χ2v) is 3.65. The van der Waals surface area contributed by atoms with Crippen molar-refractivity contribution < 1.29 is 4.92 Å². The van der Waals surface area contributed by atoms with Crippen molar-refractivity contribution in [2.75, 3.05) is 0 Å². The van der Waals surface area contributed by atoms with E-state index >= 15 is 0 Å². The van der Waals surface area contributed by atoms with E-state index in [2.05, 4.69) is 0 Å². The Kier molecular flexibility index (Phi) is 3.43. The molecule has 76 valence electrons. The average molecular weight is 215 g/mol. The van der Waals surface area contributed by atoms with Crippen molar-refractivity contribution in [3.8, 4) is 0 Å². The lowest BCUT2D eigenvalue weighted by Gasteiger charge is -2.06. The van der Waals surface area contributed by atoms with Gasteiger partial charge in [-0.3, -0.25) is 10.1 Å². The Morgan fingerprint density at radius 3 is 2.79 bits per heavy atom. The number of halogens is 1. The van der Waals surface area contributed by atoms with Crippen LogP contribution < -0.4 is 5.73 Å². The summed E-state index contributed by atoms with van der Waals surface area (Å²) < 4.78 is 0. The molecule has 1 aromatic carbocycles.